The first-order chi connectivity index (χ1) is 6.31. The minimum atomic E-state index is -0.298. The molecule has 0 saturated heterocycles. The Hall–Kier alpha value is -0.570. The summed E-state index contributed by atoms with van der Waals surface area (Å²) in [5, 5.41) is 0. The summed E-state index contributed by atoms with van der Waals surface area (Å²) in [6.07, 6.45) is 2.52. The number of nitrogens with two attached hydrogens (primary N) is 1. The van der Waals surface area contributed by atoms with Gasteiger partial charge in [0, 0.05) is 5.54 Å². The third kappa shape index (κ3) is 1.92. The zero-order valence-electron chi connectivity index (χ0n) is 9.59. The molecular weight excluding hydrogens is 178 g/mol. The quantitative estimate of drug-likeness (QED) is 0.704. The van der Waals surface area contributed by atoms with Crippen molar-refractivity contribution < 1.29 is 9.53 Å². The van der Waals surface area contributed by atoms with Crippen LogP contribution < -0.4 is 5.73 Å². The van der Waals surface area contributed by atoms with Crippen molar-refractivity contribution in [3.63, 3.8) is 0 Å². The lowest BCUT2D eigenvalue weighted by atomic mass is 9.53. The molecule has 0 radical (unpaired) electrons. The summed E-state index contributed by atoms with van der Waals surface area (Å²) in [4.78, 5) is 11.3. The van der Waals surface area contributed by atoms with Crippen molar-refractivity contribution in [2.45, 2.75) is 45.6 Å². The van der Waals surface area contributed by atoms with Crippen LogP contribution in [0, 0.1) is 11.3 Å². The van der Waals surface area contributed by atoms with Gasteiger partial charge in [-0.3, -0.25) is 4.79 Å². The van der Waals surface area contributed by atoms with E-state index in [2.05, 4.69) is 6.92 Å². The van der Waals surface area contributed by atoms with E-state index in [4.69, 9.17) is 10.5 Å². The zero-order chi connectivity index (χ0) is 11.0. The predicted octanol–water partition coefficient (Wildman–Crippen LogP) is 1.70. The summed E-state index contributed by atoms with van der Waals surface area (Å²) in [5.41, 5.74) is 5.79. The van der Waals surface area contributed by atoms with E-state index in [0.717, 1.165) is 12.8 Å². The van der Waals surface area contributed by atoms with Crippen LogP contribution in [-0.2, 0) is 9.53 Å². The Labute approximate surface area is 86.0 Å². The van der Waals surface area contributed by atoms with Gasteiger partial charge in [-0.15, -0.1) is 0 Å². The number of esters is 1. The van der Waals surface area contributed by atoms with Crippen molar-refractivity contribution in [3.8, 4) is 0 Å². The van der Waals surface area contributed by atoms with Gasteiger partial charge in [0.25, 0.3) is 0 Å². The molecule has 0 aromatic carbocycles. The van der Waals surface area contributed by atoms with Gasteiger partial charge in [-0.25, -0.2) is 0 Å². The van der Waals surface area contributed by atoms with Crippen LogP contribution in [-0.4, -0.2) is 18.6 Å². The summed E-state index contributed by atoms with van der Waals surface area (Å²) in [6.45, 7) is 6.20. The van der Waals surface area contributed by atoms with E-state index in [1.807, 2.05) is 13.8 Å². The summed E-state index contributed by atoms with van der Waals surface area (Å²) in [6, 6.07) is 0. The van der Waals surface area contributed by atoms with Gasteiger partial charge in [0.05, 0.1) is 13.5 Å². The summed E-state index contributed by atoms with van der Waals surface area (Å²) in [5.74, 6) is 0.540. The maximum atomic E-state index is 11.3. The number of hydrogen-bond acceptors (Lipinski definition) is 3. The normalized spacial score (nSPS) is 32.2. The van der Waals surface area contributed by atoms with Gasteiger partial charge >= 0.3 is 5.97 Å². The highest BCUT2D eigenvalue weighted by Gasteiger charge is 2.51. The van der Waals surface area contributed by atoms with Crippen molar-refractivity contribution in [1.82, 2.24) is 0 Å². The minimum Gasteiger partial charge on any atom is -0.469 e. The van der Waals surface area contributed by atoms with Crippen LogP contribution in [0.25, 0.3) is 0 Å². The molecule has 0 spiro atoms. The highest BCUT2D eigenvalue weighted by molar-refractivity contribution is 5.70. The van der Waals surface area contributed by atoms with E-state index in [1.165, 1.54) is 7.11 Å². The molecule has 0 atom stereocenters. The molecule has 0 bridgehead atoms. The van der Waals surface area contributed by atoms with Crippen LogP contribution in [0.4, 0.5) is 0 Å². The summed E-state index contributed by atoms with van der Waals surface area (Å²) in [7, 11) is 1.43. The van der Waals surface area contributed by atoms with Crippen molar-refractivity contribution in [2.24, 2.45) is 17.1 Å². The molecule has 1 aliphatic carbocycles. The van der Waals surface area contributed by atoms with E-state index in [-0.39, 0.29) is 16.9 Å². The standard InChI is InChI=1S/C11H21NO2/c1-8-5-11(6-8,10(2,3)12)7-9(13)14-4/h8H,5-7,12H2,1-4H3. The number of hydrogen-bond donors (Lipinski definition) is 1. The largest absolute Gasteiger partial charge is 0.469 e. The van der Waals surface area contributed by atoms with E-state index in [9.17, 15) is 4.79 Å². The molecule has 14 heavy (non-hydrogen) atoms. The third-order valence-corrected chi connectivity index (χ3v) is 3.56. The lowest BCUT2D eigenvalue weighted by Crippen LogP contribution is -2.58. The van der Waals surface area contributed by atoms with Gasteiger partial charge < -0.3 is 10.5 Å². The topological polar surface area (TPSA) is 52.3 Å². The molecule has 3 heteroatoms. The second-order valence-corrected chi connectivity index (χ2v) is 5.27. The van der Waals surface area contributed by atoms with Crippen LogP contribution in [0.3, 0.4) is 0 Å². The second-order valence-electron chi connectivity index (χ2n) is 5.27. The van der Waals surface area contributed by atoms with E-state index < -0.39 is 0 Å². The molecule has 0 unspecified atom stereocenters. The molecule has 0 amide bonds. The lowest BCUT2D eigenvalue weighted by Gasteiger charge is -2.54. The van der Waals surface area contributed by atoms with Gasteiger partial charge in [-0.05, 0) is 38.0 Å². The Morgan fingerprint density at radius 3 is 2.36 bits per heavy atom. The molecule has 3 nitrogen and oxygen atoms in total. The Bertz CT molecular complexity index is 224. The molecule has 2 N–H and O–H groups in total. The van der Waals surface area contributed by atoms with E-state index in [0.29, 0.717) is 12.3 Å². The summed E-state index contributed by atoms with van der Waals surface area (Å²) < 4.78 is 4.72. The smallest absolute Gasteiger partial charge is 0.306 e. The van der Waals surface area contributed by atoms with Gasteiger partial charge in [-0.1, -0.05) is 6.92 Å². The van der Waals surface area contributed by atoms with Gasteiger partial charge in [-0.2, -0.15) is 0 Å². The average molecular weight is 199 g/mol. The number of carbonyl (C=O) groups is 1. The fraction of sp³-hybridized carbons (Fsp3) is 0.909. The Morgan fingerprint density at radius 2 is 2.07 bits per heavy atom. The monoisotopic (exact) mass is 199 g/mol. The molecular formula is C11H21NO2. The molecule has 0 aromatic heterocycles. The Kier molecular flexibility index (Phi) is 2.91. The van der Waals surface area contributed by atoms with Crippen LogP contribution in [0.1, 0.15) is 40.0 Å². The van der Waals surface area contributed by atoms with Gasteiger partial charge in [0.1, 0.15) is 0 Å². The van der Waals surface area contributed by atoms with Gasteiger partial charge in [0.2, 0.25) is 0 Å². The maximum Gasteiger partial charge on any atom is 0.306 e. The Balaban J connectivity index is 2.70. The van der Waals surface area contributed by atoms with Crippen molar-refractivity contribution in [2.75, 3.05) is 7.11 Å². The number of ether oxygens (including phenoxy) is 1. The van der Waals surface area contributed by atoms with Crippen molar-refractivity contribution >= 4 is 5.97 Å². The number of carbonyl (C=O) groups excluding carboxylic acids is 1. The highest BCUT2D eigenvalue weighted by atomic mass is 16.5. The molecule has 82 valence electrons. The minimum absolute atomic E-state index is 0.0422. The molecule has 1 fully saturated rings. The maximum absolute atomic E-state index is 11.3. The average Bonchev–Trinajstić information content (AvgIpc) is 1.98. The van der Waals surface area contributed by atoms with Crippen molar-refractivity contribution in [3.05, 3.63) is 0 Å². The lowest BCUT2D eigenvalue weighted by molar-refractivity contribution is -0.148. The fourth-order valence-electron chi connectivity index (χ4n) is 2.52. The van der Waals surface area contributed by atoms with E-state index >= 15 is 0 Å². The first kappa shape index (κ1) is 11.5. The molecule has 1 aliphatic rings. The predicted molar refractivity (Wildman–Crippen MR) is 55.7 cm³/mol. The molecule has 1 saturated carbocycles. The van der Waals surface area contributed by atoms with Crippen LogP contribution in [0.2, 0.25) is 0 Å². The SMILES string of the molecule is COC(=O)CC1(C(C)(C)N)CC(C)C1. The van der Waals surface area contributed by atoms with Crippen LogP contribution in [0.15, 0.2) is 0 Å². The number of methoxy groups -OCH3 is 1. The third-order valence-electron chi connectivity index (χ3n) is 3.56. The van der Waals surface area contributed by atoms with Crippen LogP contribution in [0.5, 0.6) is 0 Å². The zero-order valence-corrected chi connectivity index (χ0v) is 9.59. The highest BCUT2D eigenvalue weighted by Crippen LogP contribution is 2.54. The second kappa shape index (κ2) is 3.54. The molecule has 0 aliphatic heterocycles. The first-order valence-electron chi connectivity index (χ1n) is 5.16. The Morgan fingerprint density at radius 1 is 1.57 bits per heavy atom. The van der Waals surface area contributed by atoms with Crippen LogP contribution >= 0.6 is 0 Å². The number of rotatable bonds is 3. The molecule has 1 rings (SSSR count). The summed E-state index contributed by atoms with van der Waals surface area (Å²) >= 11 is 0. The first-order valence-corrected chi connectivity index (χ1v) is 5.16. The van der Waals surface area contributed by atoms with Crippen molar-refractivity contribution in [1.29, 1.82) is 0 Å². The van der Waals surface area contributed by atoms with E-state index in [1.54, 1.807) is 0 Å². The fourth-order valence-corrected chi connectivity index (χ4v) is 2.52. The molecule has 0 heterocycles. The molecule has 0 aromatic rings. The van der Waals surface area contributed by atoms with Gasteiger partial charge in [0.15, 0.2) is 0 Å².